The standard InChI is InChI=1S/C13H12ClNO/c1-10-12(7-8-13(14)15-10)16-9-11-5-3-2-4-6-11/h2-8H,9H2,1H3. The smallest absolute Gasteiger partial charge is 0.141 e. The summed E-state index contributed by atoms with van der Waals surface area (Å²) in [5.74, 6) is 0.772. The maximum absolute atomic E-state index is 5.77. The first-order chi connectivity index (χ1) is 7.75. The number of hydrogen-bond donors (Lipinski definition) is 0. The summed E-state index contributed by atoms with van der Waals surface area (Å²) in [5, 5.41) is 0.490. The summed E-state index contributed by atoms with van der Waals surface area (Å²) in [5.41, 5.74) is 1.94. The summed E-state index contributed by atoms with van der Waals surface area (Å²) in [4.78, 5) is 4.13. The van der Waals surface area contributed by atoms with E-state index < -0.39 is 0 Å². The largest absolute Gasteiger partial charge is 0.487 e. The van der Waals surface area contributed by atoms with E-state index in [4.69, 9.17) is 16.3 Å². The van der Waals surface area contributed by atoms with E-state index in [1.807, 2.05) is 43.3 Å². The Bertz CT molecular complexity index is 471. The molecular formula is C13H12ClNO. The van der Waals surface area contributed by atoms with Gasteiger partial charge < -0.3 is 4.74 Å². The molecule has 0 aliphatic rings. The van der Waals surface area contributed by atoms with Crippen LogP contribution in [0.5, 0.6) is 5.75 Å². The minimum Gasteiger partial charge on any atom is -0.487 e. The molecule has 0 radical (unpaired) electrons. The van der Waals surface area contributed by atoms with Gasteiger partial charge in [0.15, 0.2) is 0 Å². The lowest BCUT2D eigenvalue weighted by Gasteiger charge is -2.08. The van der Waals surface area contributed by atoms with Crippen molar-refractivity contribution in [3.8, 4) is 5.75 Å². The van der Waals surface area contributed by atoms with Gasteiger partial charge >= 0.3 is 0 Å². The number of nitrogens with zero attached hydrogens (tertiary/aromatic N) is 1. The molecule has 1 aromatic carbocycles. The van der Waals surface area contributed by atoms with Crippen LogP contribution in [0.1, 0.15) is 11.3 Å². The molecule has 0 amide bonds. The maximum atomic E-state index is 5.77. The van der Waals surface area contributed by atoms with Crippen LogP contribution in [0, 0.1) is 6.92 Å². The monoisotopic (exact) mass is 233 g/mol. The van der Waals surface area contributed by atoms with Crippen molar-refractivity contribution in [2.45, 2.75) is 13.5 Å². The van der Waals surface area contributed by atoms with Crippen LogP contribution in [-0.2, 0) is 6.61 Å². The summed E-state index contributed by atoms with van der Waals surface area (Å²) < 4.78 is 5.66. The molecule has 0 atom stereocenters. The quantitative estimate of drug-likeness (QED) is 0.756. The zero-order valence-electron chi connectivity index (χ0n) is 8.98. The topological polar surface area (TPSA) is 22.1 Å². The van der Waals surface area contributed by atoms with Crippen molar-refractivity contribution in [3.63, 3.8) is 0 Å². The number of benzene rings is 1. The summed E-state index contributed by atoms with van der Waals surface area (Å²) >= 11 is 5.77. The van der Waals surface area contributed by atoms with Crippen molar-refractivity contribution in [1.82, 2.24) is 4.98 Å². The fourth-order valence-corrected chi connectivity index (χ4v) is 1.60. The number of aryl methyl sites for hydroxylation is 1. The van der Waals surface area contributed by atoms with Crippen LogP contribution in [0.3, 0.4) is 0 Å². The van der Waals surface area contributed by atoms with Crippen LogP contribution in [0.4, 0.5) is 0 Å². The highest BCUT2D eigenvalue weighted by molar-refractivity contribution is 6.29. The Hall–Kier alpha value is -1.54. The fraction of sp³-hybridized carbons (Fsp3) is 0.154. The summed E-state index contributed by atoms with van der Waals surface area (Å²) in [6, 6.07) is 13.6. The fourth-order valence-electron chi connectivity index (χ4n) is 1.41. The summed E-state index contributed by atoms with van der Waals surface area (Å²) in [6.07, 6.45) is 0. The minimum absolute atomic E-state index is 0.490. The number of pyridine rings is 1. The molecule has 16 heavy (non-hydrogen) atoms. The average Bonchev–Trinajstić information content (AvgIpc) is 2.29. The van der Waals surface area contributed by atoms with Crippen molar-refractivity contribution in [1.29, 1.82) is 0 Å². The second-order valence-electron chi connectivity index (χ2n) is 3.49. The van der Waals surface area contributed by atoms with E-state index in [2.05, 4.69) is 4.98 Å². The predicted molar refractivity (Wildman–Crippen MR) is 64.8 cm³/mol. The zero-order chi connectivity index (χ0) is 11.4. The number of rotatable bonds is 3. The highest BCUT2D eigenvalue weighted by atomic mass is 35.5. The van der Waals surface area contributed by atoms with Crippen LogP contribution in [-0.4, -0.2) is 4.98 Å². The Labute approximate surface area is 99.9 Å². The molecule has 1 aromatic heterocycles. The molecule has 2 rings (SSSR count). The third kappa shape index (κ3) is 2.74. The summed E-state index contributed by atoms with van der Waals surface area (Å²) in [6.45, 7) is 2.43. The molecular weight excluding hydrogens is 222 g/mol. The molecule has 2 aromatic rings. The molecule has 0 bridgehead atoms. The van der Waals surface area contributed by atoms with Crippen LogP contribution < -0.4 is 4.74 Å². The first-order valence-corrected chi connectivity index (χ1v) is 5.43. The molecule has 0 saturated carbocycles. The van der Waals surface area contributed by atoms with Gasteiger partial charge in [0.1, 0.15) is 17.5 Å². The maximum Gasteiger partial charge on any atom is 0.141 e. The lowest BCUT2D eigenvalue weighted by atomic mass is 10.2. The van der Waals surface area contributed by atoms with Gasteiger partial charge in [-0.2, -0.15) is 0 Å². The molecule has 0 saturated heterocycles. The highest BCUT2D eigenvalue weighted by Gasteiger charge is 2.01. The van der Waals surface area contributed by atoms with E-state index in [1.54, 1.807) is 6.07 Å². The van der Waals surface area contributed by atoms with Gasteiger partial charge in [-0.3, -0.25) is 0 Å². The van der Waals surface area contributed by atoms with Crippen molar-refractivity contribution < 1.29 is 4.74 Å². The normalized spacial score (nSPS) is 10.1. The Morgan fingerprint density at radius 3 is 2.56 bits per heavy atom. The van der Waals surface area contributed by atoms with Crippen molar-refractivity contribution >= 4 is 11.6 Å². The Balaban J connectivity index is 2.05. The zero-order valence-corrected chi connectivity index (χ0v) is 9.74. The SMILES string of the molecule is Cc1nc(Cl)ccc1OCc1ccccc1. The number of ether oxygens (including phenoxy) is 1. The average molecular weight is 234 g/mol. The Kier molecular flexibility index (Phi) is 3.42. The van der Waals surface area contributed by atoms with E-state index in [9.17, 15) is 0 Å². The van der Waals surface area contributed by atoms with E-state index in [1.165, 1.54) is 0 Å². The molecule has 2 nitrogen and oxygen atoms in total. The molecule has 0 aliphatic carbocycles. The number of halogens is 1. The molecule has 3 heteroatoms. The van der Waals surface area contributed by atoms with Crippen molar-refractivity contribution in [3.05, 3.63) is 58.9 Å². The van der Waals surface area contributed by atoms with Gasteiger partial charge in [0.2, 0.25) is 0 Å². The van der Waals surface area contributed by atoms with E-state index in [-0.39, 0.29) is 0 Å². The minimum atomic E-state index is 0.490. The van der Waals surface area contributed by atoms with Crippen LogP contribution >= 0.6 is 11.6 Å². The van der Waals surface area contributed by atoms with Crippen molar-refractivity contribution in [2.75, 3.05) is 0 Å². The van der Waals surface area contributed by atoms with Gasteiger partial charge in [0, 0.05) is 0 Å². The Morgan fingerprint density at radius 2 is 1.88 bits per heavy atom. The van der Waals surface area contributed by atoms with E-state index >= 15 is 0 Å². The molecule has 0 aliphatic heterocycles. The van der Waals surface area contributed by atoms with Gasteiger partial charge in [0.25, 0.3) is 0 Å². The van der Waals surface area contributed by atoms with Gasteiger partial charge in [-0.05, 0) is 24.6 Å². The second-order valence-corrected chi connectivity index (χ2v) is 3.88. The molecule has 1 heterocycles. The van der Waals surface area contributed by atoms with Gasteiger partial charge in [-0.1, -0.05) is 41.9 Å². The Morgan fingerprint density at radius 1 is 1.12 bits per heavy atom. The van der Waals surface area contributed by atoms with Gasteiger partial charge in [0.05, 0.1) is 5.69 Å². The molecule has 0 unspecified atom stereocenters. The third-order valence-electron chi connectivity index (χ3n) is 2.24. The van der Waals surface area contributed by atoms with E-state index in [0.29, 0.717) is 11.8 Å². The van der Waals surface area contributed by atoms with Crippen LogP contribution in [0.2, 0.25) is 5.15 Å². The number of aromatic nitrogens is 1. The third-order valence-corrected chi connectivity index (χ3v) is 2.45. The summed E-state index contributed by atoms with van der Waals surface area (Å²) in [7, 11) is 0. The lowest BCUT2D eigenvalue weighted by Crippen LogP contribution is -1.97. The van der Waals surface area contributed by atoms with Gasteiger partial charge in [-0.15, -0.1) is 0 Å². The van der Waals surface area contributed by atoms with E-state index in [0.717, 1.165) is 17.0 Å². The number of hydrogen-bond acceptors (Lipinski definition) is 2. The first kappa shape index (κ1) is 11.0. The highest BCUT2D eigenvalue weighted by Crippen LogP contribution is 2.19. The molecule has 0 spiro atoms. The molecule has 82 valence electrons. The van der Waals surface area contributed by atoms with Crippen LogP contribution in [0.15, 0.2) is 42.5 Å². The lowest BCUT2D eigenvalue weighted by molar-refractivity contribution is 0.302. The van der Waals surface area contributed by atoms with Crippen LogP contribution in [0.25, 0.3) is 0 Å². The van der Waals surface area contributed by atoms with Gasteiger partial charge in [-0.25, -0.2) is 4.98 Å². The second kappa shape index (κ2) is 4.99. The molecule has 0 fully saturated rings. The van der Waals surface area contributed by atoms with Crippen molar-refractivity contribution in [2.24, 2.45) is 0 Å². The predicted octanol–water partition coefficient (Wildman–Crippen LogP) is 3.62. The first-order valence-electron chi connectivity index (χ1n) is 5.05. The molecule has 0 N–H and O–H groups in total.